The normalized spacial score (nSPS) is 19.1. The van der Waals surface area contributed by atoms with E-state index < -0.39 is 10.0 Å². The third-order valence-corrected chi connectivity index (χ3v) is 4.77. The maximum absolute atomic E-state index is 12.3. The summed E-state index contributed by atoms with van der Waals surface area (Å²) >= 11 is 0. The summed E-state index contributed by atoms with van der Waals surface area (Å²) in [6.45, 7) is 4.47. The van der Waals surface area contributed by atoms with Gasteiger partial charge in [0.05, 0.1) is 0 Å². The first kappa shape index (κ1) is 15.2. The number of pyridine rings is 1. The van der Waals surface area contributed by atoms with Crippen LogP contribution in [0.5, 0.6) is 0 Å². The van der Waals surface area contributed by atoms with Gasteiger partial charge in [0, 0.05) is 32.5 Å². The van der Waals surface area contributed by atoms with Gasteiger partial charge in [0.15, 0.2) is 0 Å². The van der Waals surface area contributed by atoms with Gasteiger partial charge in [0.2, 0.25) is 10.0 Å². The van der Waals surface area contributed by atoms with Gasteiger partial charge in [-0.05, 0) is 37.8 Å². The summed E-state index contributed by atoms with van der Waals surface area (Å²) in [6, 6.07) is 3.19. The van der Waals surface area contributed by atoms with Gasteiger partial charge in [-0.25, -0.2) is 18.1 Å². The Morgan fingerprint density at radius 3 is 3.05 bits per heavy atom. The summed E-state index contributed by atoms with van der Waals surface area (Å²) in [4.78, 5) is 4.27. The molecule has 1 aliphatic heterocycles. The van der Waals surface area contributed by atoms with Crippen LogP contribution in [0, 0.1) is 5.92 Å². The fourth-order valence-corrected chi connectivity index (χ4v) is 3.37. The molecule has 0 spiro atoms. The van der Waals surface area contributed by atoms with Crippen molar-refractivity contribution in [2.24, 2.45) is 5.92 Å². The number of hydrogen-bond donors (Lipinski definition) is 2. The molecule has 2 heterocycles. The quantitative estimate of drug-likeness (QED) is 0.791. The SMILES string of the molecule is CCNc1ncccc1S(=O)(=O)NCCC1CCOC1. The summed E-state index contributed by atoms with van der Waals surface area (Å²) in [5, 5.41) is 2.96. The zero-order valence-corrected chi connectivity index (χ0v) is 12.4. The average molecular weight is 299 g/mol. The molecule has 0 saturated carbocycles. The number of aromatic nitrogens is 1. The Bertz CT molecular complexity index is 527. The fraction of sp³-hybridized carbons (Fsp3) is 0.615. The highest BCUT2D eigenvalue weighted by atomic mass is 32.2. The highest BCUT2D eigenvalue weighted by molar-refractivity contribution is 7.89. The van der Waals surface area contributed by atoms with E-state index in [-0.39, 0.29) is 4.90 Å². The first-order valence-corrected chi connectivity index (χ1v) is 8.38. The zero-order valence-electron chi connectivity index (χ0n) is 11.6. The van der Waals surface area contributed by atoms with Crippen molar-refractivity contribution in [3.63, 3.8) is 0 Å². The van der Waals surface area contributed by atoms with E-state index in [0.717, 1.165) is 26.1 Å². The third-order valence-electron chi connectivity index (χ3n) is 3.27. The highest BCUT2D eigenvalue weighted by Crippen LogP contribution is 2.19. The lowest BCUT2D eigenvalue weighted by Crippen LogP contribution is -2.27. The van der Waals surface area contributed by atoms with Crippen molar-refractivity contribution in [3.05, 3.63) is 18.3 Å². The van der Waals surface area contributed by atoms with Crippen molar-refractivity contribution in [3.8, 4) is 0 Å². The lowest BCUT2D eigenvalue weighted by Gasteiger charge is -2.12. The van der Waals surface area contributed by atoms with Gasteiger partial charge >= 0.3 is 0 Å². The van der Waals surface area contributed by atoms with Crippen LogP contribution in [0.25, 0.3) is 0 Å². The Balaban J connectivity index is 1.98. The Morgan fingerprint density at radius 2 is 2.35 bits per heavy atom. The topological polar surface area (TPSA) is 80.3 Å². The molecule has 1 aliphatic rings. The van der Waals surface area contributed by atoms with E-state index in [2.05, 4.69) is 15.0 Å². The van der Waals surface area contributed by atoms with Crippen molar-refractivity contribution in [2.75, 3.05) is 31.6 Å². The Labute approximate surface area is 120 Å². The van der Waals surface area contributed by atoms with Gasteiger partial charge in [0.25, 0.3) is 0 Å². The molecule has 1 aromatic heterocycles. The van der Waals surface area contributed by atoms with Crippen molar-refractivity contribution < 1.29 is 13.2 Å². The monoisotopic (exact) mass is 299 g/mol. The van der Waals surface area contributed by atoms with E-state index in [9.17, 15) is 8.42 Å². The second kappa shape index (κ2) is 7.01. The summed E-state index contributed by atoms with van der Waals surface area (Å²) in [6.07, 6.45) is 3.39. The second-order valence-electron chi connectivity index (χ2n) is 4.80. The number of nitrogens with zero attached hydrogens (tertiary/aromatic N) is 1. The molecule has 2 N–H and O–H groups in total. The van der Waals surface area contributed by atoms with Gasteiger partial charge in [-0.3, -0.25) is 0 Å². The molecule has 0 radical (unpaired) electrons. The molecule has 20 heavy (non-hydrogen) atoms. The fourth-order valence-electron chi connectivity index (χ4n) is 2.19. The van der Waals surface area contributed by atoms with Crippen LogP contribution in [-0.2, 0) is 14.8 Å². The minimum absolute atomic E-state index is 0.199. The molecular weight excluding hydrogens is 278 g/mol. The third kappa shape index (κ3) is 3.91. The minimum Gasteiger partial charge on any atom is -0.381 e. The molecule has 6 nitrogen and oxygen atoms in total. The highest BCUT2D eigenvalue weighted by Gasteiger charge is 2.20. The number of ether oxygens (including phenoxy) is 1. The largest absolute Gasteiger partial charge is 0.381 e. The molecule has 1 unspecified atom stereocenters. The molecule has 1 aromatic rings. The van der Waals surface area contributed by atoms with E-state index in [4.69, 9.17) is 4.74 Å². The van der Waals surface area contributed by atoms with Gasteiger partial charge in [-0.2, -0.15) is 0 Å². The predicted octanol–water partition coefficient (Wildman–Crippen LogP) is 1.22. The molecule has 7 heteroatoms. The van der Waals surface area contributed by atoms with Crippen LogP contribution in [0.4, 0.5) is 5.82 Å². The second-order valence-corrected chi connectivity index (χ2v) is 6.53. The zero-order chi connectivity index (χ0) is 14.4. The van der Waals surface area contributed by atoms with E-state index in [1.807, 2.05) is 6.92 Å². The molecule has 0 aliphatic carbocycles. The molecule has 0 bridgehead atoms. The number of hydrogen-bond acceptors (Lipinski definition) is 5. The van der Waals surface area contributed by atoms with Gasteiger partial charge in [-0.15, -0.1) is 0 Å². The van der Waals surface area contributed by atoms with E-state index in [1.54, 1.807) is 18.3 Å². The van der Waals surface area contributed by atoms with Gasteiger partial charge in [-0.1, -0.05) is 0 Å². The van der Waals surface area contributed by atoms with Crippen molar-refractivity contribution in [1.82, 2.24) is 9.71 Å². The summed E-state index contributed by atoms with van der Waals surface area (Å²) in [7, 11) is -3.52. The lowest BCUT2D eigenvalue weighted by atomic mass is 10.1. The van der Waals surface area contributed by atoms with Crippen LogP contribution in [0.3, 0.4) is 0 Å². The van der Waals surface area contributed by atoms with Crippen molar-refractivity contribution in [1.29, 1.82) is 0 Å². The van der Waals surface area contributed by atoms with E-state index >= 15 is 0 Å². The summed E-state index contributed by atoms with van der Waals surface area (Å²) in [5.41, 5.74) is 0. The Kier molecular flexibility index (Phi) is 5.33. The minimum atomic E-state index is -3.52. The summed E-state index contributed by atoms with van der Waals surface area (Å²) < 4.78 is 32.5. The number of anilines is 1. The lowest BCUT2D eigenvalue weighted by molar-refractivity contribution is 0.184. The predicted molar refractivity (Wildman–Crippen MR) is 77.1 cm³/mol. The van der Waals surface area contributed by atoms with E-state index in [1.165, 1.54) is 0 Å². The first-order valence-electron chi connectivity index (χ1n) is 6.90. The molecule has 0 amide bonds. The Hall–Kier alpha value is -1.18. The molecular formula is C13H21N3O3S. The molecule has 112 valence electrons. The van der Waals surface area contributed by atoms with Crippen molar-refractivity contribution in [2.45, 2.75) is 24.7 Å². The molecule has 1 fully saturated rings. The molecule has 1 saturated heterocycles. The molecule has 0 aromatic carbocycles. The maximum atomic E-state index is 12.3. The van der Waals surface area contributed by atoms with Gasteiger partial charge < -0.3 is 10.1 Å². The van der Waals surface area contributed by atoms with Crippen LogP contribution in [-0.4, -0.2) is 39.7 Å². The molecule has 1 atom stereocenters. The first-order chi connectivity index (χ1) is 9.63. The standard InChI is InChI=1S/C13H21N3O3S/c1-2-14-13-12(4-3-7-15-13)20(17,18)16-8-5-11-6-9-19-10-11/h3-4,7,11,16H,2,5-6,8-10H2,1H3,(H,14,15). The number of sulfonamides is 1. The van der Waals surface area contributed by atoms with Crippen LogP contribution in [0.1, 0.15) is 19.8 Å². The maximum Gasteiger partial charge on any atom is 0.244 e. The summed E-state index contributed by atoms with van der Waals surface area (Å²) in [5.74, 6) is 0.853. The van der Waals surface area contributed by atoms with Crippen molar-refractivity contribution >= 4 is 15.8 Å². The number of rotatable bonds is 7. The van der Waals surface area contributed by atoms with E-state index in [0.29, 0.717) is 24.8 Å². The van der Waals surface area contributed by atoms with Crippen LogP contribution in [0.2, 0.25) is 0 Å². The van der Waals surface area contributed by atoms with Gasteiger partial charge in [0.1, 0.15) is 10.7 Å². The smallest absolute Gasteiger partial charge is 0.244 e. The molecule has 2 rings (SSSR count). The van der Waals surface area contributed by atoms with Crippen LogP contribution >= 0.6 is 0 Å². The van der Waals surface area contributed by atoms with Crippen LogP contribution in [0.15, 0.2) is 23.2 Å². The Morgan fingerprint density at radius 1 is 1.50 bits per heavy atom. The van der Waals surface area contributed by atoms with Crippen LogP contribution < -0.4 is 10.0 Å². The number of nitrogens with one attached hydrogen (secondary N) is 2. The average Bonchev–Trinajstić information content (AvgIpc) is 2.92.